The Kier molecular flexibility index (Phi) is 6.80. The molecule has 2 aromatic heterocycles. The molecule has 2 heterocycles. The molecule has 11 heteroatoms. The van der Waals surface area contributed by atoms with Crippen molar-refractivity contribution in [3.8, 4) is 0 Å². The smallest absolute Gasteiger partial charge is 0.306 e. The molecule has 4 rings (SSSR count). The molecular formula is C23H25FN6O4. The zero-order valence-electron chi connectivity index (χ0n) is 18.6. The summed E-state index contributed by atoms with van der Waals surface area (Å²) in [5, 5.41) is 18.7. The van der Waals surface area contributed by atoms with Gasteiger partial charge in [0.25, 0.3) is 17.6 Å². The summed E-state index contributed by atoms with van der Waals surface area (Å²) in [6.07, 6.45) is 3.88. The van der Waals surface area contributed by atoms with Gasteiger partial charge < -0.3 is 15.7 Å². The second kappa shape index (κ2) is 9.94. The second-order valence-electron chi connectivity index (χ2n) is 8.53. The first-order valence-electron chi connectivity index (χ1n) is 11.1. The highest BCUT2D eigenvalue weighted by Crippen LogP contribution is 2.28. The maximum absolute atomic E-state index is 13.5. The van der Waals surface area contributed by atoms with Gasteiger partial charge in [0.15, 0.2) is 0 Å². The van der Waals surface area contributed by atoms with E-state index in [4.69, 9.17) is 5.11 Å². The number of amides is 2. The van der Waals surface area contributed by atoms with E-state index in [1.807, 2.05) is 0 Å². The minimum atomic E-state index is -0.770. The first-order chi connectivity index (χ1) is 16.3. The predicted molar refractivity (Wildman–Crippen MR) is 119 cm³/mol. The summed E-state index contributed by atoms with van der Waals surface area (Å²) < 4.78 is 14.7. The Morgan fingerprint density at radius 1 is 1.12 bits per heavy atom. The minimum Gasteiger partial charge on any atom is -0.481 e. The van der Waals surface area contributed by atoms with Gasteiger partial charge in [-0.15, -0.1) is 0 Å². The van der Waals surface area contributed by atoms with Crippen molar-refractivity contribution in [1.82, 2.24) is 30.2 Å². The number of carboxylic acid groups (broad SMARTS) is 1. The molecule has 0 atom stereocenters. The molecule has 0 bridgehead atoms. The Balaban J connectivity index is 1.43. The zero-order valence-corrected chi connectivity index (χ0v) is 18.6. The molecule has 0 aliphatic heterocycles. The van der Waals surface area contributed by atoms with Crippen molar-refractivity contribution in [3.05, 3.63) is 58.9 Å². The lowest BCUT2D eigenvalue weighted by molar-refractivity contribution is -0.143. The Hall–Kier alpha value is -3.89. The lowest BCUT2D eigenvalue weighted by Gasteiger charge is -2.26. The number of aryl methyl sites for hydroxylation is 1. The maximum atomic E-state index is 13.5. The van der Waals surface area contributed by atoms with E-state index in [2.05, 4.69) is 25.7 Å². The summed E-state index contributed by atoms with van der Waals surface area (Å²) >= 11 is 0. The van der Waals surface area contributed by atoms with Crippen molar-refractivity contribution in [2.75, 3.05) is 6.54 Å². The quantitative estimate of drug-likeness (QED) is 0.483. The van der Waals surface area contributed by atoms with E-state index in [1.54, 1.807) is 19.1 Å². The number of carboxylic acids is 1. The number of hydrogen-bond acceptors (Lipinski definition) is 6. The van der Waals surface area contributed by atoms with E-state index in [1.165, 1.54) is 23.0 Å². The summed E-state index contributed by atoms with van der Waals surface area (Å²) in [7, 11) is 0. The van der Waals surface area contributed by atoms with E-state index in [0.29, 0.717) is 24.9 Å². The molecule has 34 heavy (non-hydrogen) atoms. The number of fused-ring (bicyclic) bond motifs is 1. The molecule has 0 unspecified atom stereocenters. The van der Waals surface area contributed by atoms with Crippen LogP contribution in [0.15, 0.2) is 30.6 Å². The number of hydrogen-bond donors (Lipinski definition) is 3. The van der Waals surface area contributed by atoms with E-state index in [9.17, 15) is 18.8 Å². The van der Waals surface area contributed by atoms with Crippen LogP contribution in [0.25, 0.3) is 5.78 Å². The van der Waals surface area contributed by atoms with Gasteiger partial charge in [0.05, 0.1) is 5.92 Å². The lowest BCUT2D eigenvalue weighted by Crippen LogP contribution is -2.34. The van der Waals surface area contributed by atoms with Crippen LogP contribution in [0.4, 0.5) is 4.39 Å². The van der Waals surface area contributed by atoms with Gasteiger partial charge in [0.1, 0.15) is 23.5 Å². The van der Waals surface area contributed by atoms with Crippen molar-refractivity contribution in [2.45, 2.75) is 39.2 Å². The summed E-state index contributed by atoms with van der Waals surface area (Å²) in [6, 6.07) is 5.92. The van der Waals surface area contributed by atoms with Crippen molar-refractivity contribution in [2.24, 2.45) is 11.8 Å². The molecule has 1 aliphatic carbocycles. The molecule has 3 aromatic rings. The van der Waals surface area contributed by atoms with Gasteiger partial charge in [0.2, 0.25) is 0 Å². The Morgan fingerprint density at radius 3 is 2.59 bits per heavy atom. The van der Waals surface area contributed by atoms with Gasteiger partial charge in [-0.1, -0.05) is 12.1 Å². The predicted octanol–water partition coefficient (Wildman–Crippen LogP) is 2.12. The van der Waals surface area contributed by atoms with Crippen LogP contribution in [-0.4, -0.2) is 49.0 Å². The number of rotatable bonds is 7. The van der Waals surface area contributed by atoms with Crippen LogP contribution in [-0.2, 0) is 11.3 Å². The highest BCUT2D eigenvalue weighted by atomic mass is 19.1. The molecule has 1 saturated carbocycles. The molecule has 2 amide bonds. The summed E-state index contributed by atoms with van der Waals surface area (Å²) in [6.45, 7) is 2.21. The molecule has 0 saturated heterocycles. The minimum absolute atomic E-state index is 0.00597. The van der Waals surface area contributed by atoms with E-state index >= 15 is 0 Å². The second-order valence-corrected chi connectivity index (χ2v) is 8.53. The van der Waals surface area contributed by atoms with Crippen molar-refractivity contribution in [3.63, 3.8) is 0 Å². The number of aliphatic carboxylic acids is 1. The van der Waals surface area contributed by atoms with Gasteiger partial charge in [0, 0.05) is 19.2 Å². The van der Waals surface area contributed by atoms with E-state index < -0.39 is 17.8 Å². The number of aromatic nitrogens is 4. The van der Waals surface area contributed by atoms with Gasteiger partial charge >= 0.3 is 5.97 Å². The Morgan fingerprint density at radius 2 is 1.88 bits per heavy atom. The standard InChI is InChI=1S/C23H25FN6O4/c1-13-8-15(4-7-17(13)24)11-25-20(31)18-9-19(30-23(29-18)27-12-28-30)21(32)26-10-14-2-5-16(6-3-14)22(33)34/h4,7-9,12,14,16H,2-3,5-6,10-11H2,1H3,(H,25,31)(H,26,32)(H,33,34)/t14-,16-. The third-order valence-corrected chi connectivity index (χ3v) is 6.14. The zero-order chi connectivity index (χ0) is 24.2. The summed E-state index contributed by atoms with van der Waals surface area (Å²) in [4.78, 5) is 44.9. The maximum Gasteiger partial charge on any atom is 0.306 e. The van der Waals surface area contributed by atoms with Gasteiger partial charge in [-0.05, 0) is 55.7 Å². The third-order valence-electron chi connectivity index (χ3n) is 6.14. The molecule has 178 valence electrons. The highest BCUT2D eigenvalue weighted by molar-refractivity contribution is 5.98. The monoisotopic (exact) mass is 468 g/mol. The fourth-order valence-corrected chi connectivity index (χ4v) is 4.12. The normalized spacial score (nSPS) is 17.9. The first-order valence-corrected chi connectivity index (χ1v) is 11.1. The number of carbonyl (C=O) groups excluding carboxylic acids is 2. The number of nitrogens with one attached hydrogen (secondary N) is 2. The van der Waals surface area contributed by atoms with Gasteiger partial charge in [-0.3, -0.25) is 14.4 Å². The molecule has 1 aliphatic rings. The van der Waals surface area contributed by atoms with Crippen LogP contribution in [0.5, 0.6) is 0 Å². The molecule has 0 spiro atoms. The SMILES string of the molecule is Cc1cc(CNC(=O)c2cc(C(=O)NC[C@H]3CC[C@H](C(=O)O)CC3)n3ncnc3n2)ccc1F. The van der Waals surface area contributed by atoms with Crippen LogP contribution >= 0.6 is 0 Å². The van der Waals surface area contributed by atoms with E-state index in [0.717, 1.165) is 18.4 Å². The van der Waals surface area contributed by atoms with Crippen molar-refractivity contribution >= 4 is 23.6 Å². The molecule has 10 nitrogen and oxygen atoms in total. The number of nitrogens with zero attached hydrogens (tertiary/aromatic N) is 4. The summed E-state index contributed by atoms with van der Waals surface area (Å²) in [5.74, 6) is -2.04. The highest BCUT2D eigenvalue weighted by Gasteiger charge is 2.26. The largest absolute Gasteiger partial charge is 0.481 e. The molecule has 0 radical (unpaired) electrons. The first kappa shape index (κ1) is 23.3. The van der Waals surface area contributed by atoms with Crippen molar-refractivity contribution in [1.29, 1.82) is 0 Å². The van der Waals surface area contributed by atoms with Crippen LogP contribution in [0.3, 0.4) is 0 Å². The van der Waals surface area contributed by atoms with Crippen LogP contribution in [0.1, 0.15) is 57.8 Å². The fourth-order valence-electron chi connectivity index (χ4n) is 4.12. The van der Waals surface area contributed by atoms with Gasteiger partial charge in [-0.25, -0.2) is 9.37 Å². The number of benzene rings is 1. The summed E-state index contributed by atoms with van der Waals surface area (Å²) in [5.41, 5.74) is 1.33. The molecule has 1 aromatic carbocycles. The van der Waals surface area contributed by atoms with Crippen LogP contribution < -0.4 is 10.6 Å². The molecule has 3 N–H and O–H groups in total. The van der Waals surface area contributed by atoms with Crippen molar-refractivity contribution < 1.29 is 23.9 Å². The van der Waals surface area contributed by atoms with Gasteiger partial charge in [-0.2, -0.15) is 14.6 Å². The van der Waals surface area contributed by atoms with Crippen LogP contribution in [0, 0.1) is 24.6 Å². The average molecular weight is 468 g/mol. The van der Waals surface area contributed by atoms with E-state index in [-0.39, 0.29) is 41.4 Å². The Bertz CT molecular complexity index is 1240. The molecular weight excluding hydrogens is 443 g/mol. The number of halogens is 1. The lowest BCUT2D eigenvalue weighted by atomic mass is 9.82. The molecule has 1 fully saturated rings. The fraction of sp³-hybridized carbons (Fsp3) is 0.391. The Labute approximate surface area is 194 Å². The van der Waals surface area contributed by atoms with Crippen LogP contribution in [0.2, 0.25) is 0 Å². The average Bonchev–Trinajstić information content (AvgIpc) is 3.31. The topological polar surface area (TPSA) is 139 Å². The third kappa shape index (κ3) is 5.19. The number of carbonyl (C=O) groups is 3.